The molecule has 10 nitrogen and oxygen atoms in total. The van der Waals surface area contributed by atoms with Gasteiger partial charge in [0.15, 0.2) is 21.5 Å². The number of nitrogens with one attached hydrogen (secondary N) is 2. The number of hydrogen-bond donors (Lipinski definition) is 2. The maximum atomic E-state index is 12.5. The van der Waals surface area contributed by atoms with Crippen LogP contribution in [0.15, 0.2) is 47.8 Å². The SMILES string of the molecule is CC(=O)Nc1ccc(-n2ncnc2CNC(=O)c2cc(Cl)cc(S(C)(=O)=O)c2)nc1. The molecule has 2 aromatic heterocycles. The van der Waals surface area contributed by atoms with E-state index < -0.39 is 15.7 Å². The zero-order valence-electron chi connectivity index (χ0n) is 16.0. The van der Waals surface area contributed by atoms with Gasteiger partial charge in [0, 0.05) is 23.8 Å². The number of carbonyl (C=O) groups is 2. The van der Waals surface area contributed by atoms with Crippen molar-refractivity contribution < 1.29 is 18.0 Å². The minimum absolute atomic E-state index is 0.00861. The predicted octanol–water partition coefficient (Wildman–Crippen LogP) is 1.61. The van der Waals surface area contributed by atoms with Crippen LogP contribution >= 0.6 is 11.6 Å². The van der Waals surface area contributed by atoms with Crippen LogP contribution in [0.3, 0.4) is 0 Å². The fourth-order valence-electron chi connectivity index (χ4n) is 2.54. The molecule has 2 N–H and O–H groups in total. The number of hydrogen-bond acceptors (Lipinski definition) is 7. The number of amides is 2. The van der Waals surface area contributed by atoms with Gasteiger partial charge in [0.25, 0.3) is 5.91 Å². The largest absolute Gasteiger partial charge is 0.345 e. The van der Waals surface area contributed by atoms with Crippen molar-refractivity contribution >= 4 is 38.9 Å². The Bertz CT molecular complexity index is 1210. The molecule has 1 aromatic carbocycles. The van der Waals surface area contributed by atoms with Crippen LogP contribution in [0.2, 0.25) is 5.02 Å². The Morgan fingerprint density at radius 2 is 1.93 bits per heavy atom. The second kappa shape index (κ2) is 8.59. The first-order chi connectivity index (χ1) is 14.1. The third-order valence-corrected chi connectivity index (χ3v) is 5.18. The van der Waals surface area contributed by atoms with E-state index in [9.17, 15) is 18.0 Å². The zero-order valence-corrected chi connectivity index (χ0v) is 17.5. The number of benzene rings is 1. The fraction of sp³-hybridized carbons (Fsp3) is 0.167. The summed E-state index contributed by atoms with van der Waals surface area (Å²) in [6.07, 6.45) is 3.82. The smallest absolute Gasteiger partial charge is 0.251 e. The Balaban J connectivity index is 1.75. The molecule has 0 bridgehead atoms. The Morgan fingerprint density at radius 1 is 1.17 bits per heavy atom. The van der Waals surface area contributed by atoms with Crippen molar-refractivity contribution in [2.45, 2.75) is 18.4 Å². The lowest BCUT2D eigenvalue weighted by Crippen LogP contribution is -2.25. The summed E-state index contributed by atoms with van der Waals surface area (Å²) in [7, 11) is -3.52. The molecule has 0 atom stereocenters. The predicted molar refractivity (Wildman–Crippen MR) is 109 cm³/mol. The van der Waals surface area contributed by atoms with Gasteiger partial charge in [-0.1, -0.05) is 11.6 Å². The Morgan fingerprint density at radius 3 is 2.57 bits per heavy atom. The minimum Gasteiger partial charge on any atom is -0.345 e. The molecule has 0 radical (unpaired) electrons. The molecule has 3 aromatic rings. The molecule has 0 unspecified atom stereocenters. The van der Waals surface area contributed by atoms with Gasteiger partial charge in [-0.25, -0.2) is 18.4 Å². The van der Waals surface area contributed by atoms with Gasteiger partial charge in [-0.2, -0.15) is 9.78 Å². The van der Waals surface area contributed by atoms with Crippen molar-refractivity contribution in [3.05, 3.63) is 59.3 Å². The molecule has 156 valence electrons. The summed E-state index contributed by atoms with van der Waals surface area (Å²) in [5, 5.41) is 9.49. The molecule has 3 rings (SSSR count). The first-order valence-corrected chi connectivity index (χ1v) is 10.8. The van der Waals surface area contributed by atoms with Crippen LogP contribution in [-0.2, 0) is 21.2 Å². The lowest BCUT2D eigenvalue weighted by molar-refractivity contribution is -0.114. The number of rotatable bonds is 6. The van der Waals surface area contributed by atoms with Crippen LogP contribution in [0, 0.1) is 0 Å². The first kappa shape index (κ1) is 21.4. The molecule has 0 aliphatic heterocycles. The Kier molecular flexibility index (Phi) is 6.13. The van der Waals surface area contributed by atoms with Crippen LogP contribution in [-0.4, -0.2) is 46.2 Å². The Hall–Kier alpha value is -3.31. The molecular formula is C18H17ClN6O4S. The second-order valence-electron chi connectivity index (χ2n) is 6.30. The van der Waals surface area contributed by atoms with E-state index in [0.29, 0.717) is 17.3 Å². The number of sulfone groups is 1. The minimum atomic E-state index is -3.52. The van der Waals surface area contributed by atoms with Gasteiger partial charge < -0.3 is 10.6 Å². The van der Waals surface area contributed by atoms with E-state index in [1.54, 1.807) is 12.1 Å². The molecule has 0 saturated heterocycles. The van der Waals surface area contributed by atoms with E-state index in [1.807, 2.05) is 0 Å². The summed E-state index contributed by atoms with van der Waals surface area (Å²) < 4.78 is 24.9. The summed E-state index contributed by atoms with van der Waals surface area (Å²) in [5.41, 5.74) is 0.635. The van der Waals surface area contributed by atoms with Crippen molar-refractivity contribution in [1.82, 2.24) is 25.1 Å². The van der Waals surface area contributed by atoms with Crippen LogP contribution < -0.4 is 10.6 Å². The van der Waals surface area contributed by atoms with Gasteiger partial charge in [-0.3, -0.25) is 9.59 Å². The summed E-state index contributed by atoms with van der Waals surface area (Å²) in [4.78, 5) is 31.9. The summed E-state index contributed by atoms with van der Waals surface area (Å²) in [6.45, 7) is 1.40. The number of anilines is 1. The molecule has 0 spiro atoms. The van der Waals surface area contributed by atoms with Crippen molar-refractivity contribution in [2.24, 2.45) is 0 Å². The van der Waals surface area contributed by atoms with Crippen molar-refractivity contribution in [2.75, 3.05) is 11.6 Å². The zero-order chi connectivity index (χ0) is 21.9. The monoisotopic (exact) mass is 448 g/mol. The van der Waals surface area contributed by atoms with Crippen LogP contribution in [0.1, 0.15) is 23.1 Å². The molecule has 0 aliphatic rings. The summed E-state index contributed by atoms with van der Waals surface area (Å²) in [6, 6.07) is 7.20. The molecule has 0 saturated carbocycles. The average molecular weight is 449 g/mol. The number of aromatic nitrogens is 4. The third kappa shape index (κ3) is 5.19. The normalized spacial score (nSPS) is 11.2. The van der Waals surface area contributed by atoms with E-state index >= 15 is 0 Å². The molecule has 12 heteroatoms. The highest BCUT2D eigenvalue weighted by Gasteiger charge is 2.15. The van der Waals surface area contributed by atoms with E-state index in [1.165, 1.54) is 42.3 Å². The number of nitrogens with zero attached hydrogens (tertiary/aromatic N) is 4. The van der Waals surface area contributed by atoms with E-state index in [0.717, 1.165) is 6.26 Å². The van der Waals surface area contributed by atoms with Gasteiger partial charge in [0.1, 0.15) is 6.33 Å². The maximum Gasteiger partial charge on any atom is 0.251 e. The molecule has 2 heterocycles. The van der Waals surface area contributed by atoms with Crippen LogP contribution in [0.4, 0.5) is 5.69 Å². The number of halogens is 1. The van der Waals surface area contributed by atoms with E-state index in [-0.39, 0.29) is 27.9 Å². The van der Waals surface area contributed by atoms with Crippen molar-refractivity contribution in [3.63, 3.8) is 0 Å². The summed E-state index contributed by atoms with van der Waals surface area (Å²) in [5.74, 6) is 0.0983. The van der Waals surface area contributed by atoms with Crippen molar-refractivity contribution in [3.8, 4) is 5.82 Å². The molecular weight excluding hydrogens is 432 g/mol. The molecule has 0 fully saturated rings. The number of carbonyl (C=O) groups excluding carboxylic acids is 2. The van der Waals surface area contributed by atoms with E-state index in [4.69, 9.17) is 11.6 Å². The van der Waals surface area contributed by atoms with Gasteiger partial charge in [-0.15, -0.1) is 0 Å². The topological polar surface area (TPSA) is 136 Å². The Labute approximate surface area is 177 Å². The molecule has 30 heavy (non-hydrogen) atoms. The van der Waals surface area contributed by atoms with Gasteiger partial charge >= 0.3 is 0 Å². The second-order valence-corrected chi connectivity index (χ2v) is 8.76. The van der Waals surface area contributed by atoms with E-state index in [2.05, 4.69) is 25.7 Å². The molecule has 2 amide bonds. The fourth-order valence-corrected chi connectivity index (χ4v) is 3.52. The van der Waals surface area contributed by atoms with Crippen LogP contribution in [0.25, 0.3) is 5.82 Å². The quantitative estimate of drug-likeness (QED) is 0.584. The van der Waals surface area contributed by atoms with Gasteiger partial charge in [-0.05, 0) is 30.3 Å². The highest BCUT2D eigenvalue weighted by atomic mass is 35.5. The maximum absolute atomic E-state index is 12.5. The lowest BCUT2D eigenvalue weighted by atomic mass is 10.2. The third-order valence-electron chi connectivity index (χ3n) is 3.87. The lowest BCUT2D eigenvalue weighted by Gasteiger charge is -2.09. The highest BCUT2D eigenvalue weighted by molar-refractivity contribution is 7.90. The average Bonchev–Trinajstić information content (AvgIpc) is 3.13. The molecule has 0 aliphatic carbocycles. The summed E-state index contributed by atoms with van der Waals surface area (Å²) >= 11 is 5.94. The van der Waals surface area contributed by atoms with Gasteiger partial charge in [0.05, 0.1) is 23.3 Å². The first-order valence-electron chi connectivity index (χ1n) is 8.55. The van der Waals surface area contributed by atoms with Crippen LogP contribution in [0.5, 0.6) is 0 Å². The van der Waals surface area contributed by atoms with Crippen molar-refractivity contribution in [1.29, 1.82) is 0 Å². The highest BCUT2D eigenvalue weighted by Crippen LogP contribution is 2.19. The number of pyridine rings is 1. The standard InChI is InChI=1S/C18H17ClN6O4S/c1-11(26)24-14-3-4-16(20-8-14)25-17(22-10-23-25)9-21-18(27)12-5-13(19)7-15(6-12)30(2,28)29/h3-8,10H,9H2,1-2H3,(H,21,27)(H,24,26). The van der Waals surface area contributed by atoms with Gasteiger partial charge in [0.2, 0.25) is 5.91 Å².